The van der Waals surface area contributed by atoms with Crippen LogP contribution in [0.3, 0.4) is 0 Å². The summed E-state index contributed by atoms with van der Waals surface area (Å²) in [5, 5.41) is 0.522. The Morgan fingerprint density at radius 2 is 1.70 bits per heavy atom. The van der Waals surface area contributed by atoms with Crippen molar-refractivity contribution in [2.75, 3.05) is 4.90 Å². The molecule has 1 saturated heterocycles. The van der Waals surface area contributed by atoms with E-state index in [0.29, 0.717) is 10.7 Å². The highest BCUT2D eigenvalue weighted by molar-refractivity contribution is 6.30. The van der Waals surface area contributed by atoms with Crippen LogP contribution in [0.4, 0.5) is 5.69 Å². The highest BCUT2D eigenvalue weighted by Gasteiger charge is 2.46. The Balaban J connectivity index is 1.96. The van der Waals surface area contributed by atoms with Crippen LogP contribution in [0.5, 0.6) is 0 Å². The van der Waals surface area contributed by atoms with Crippen LogP contribution >= 0.6 is 11.6 Å². The Morgan fingerprint density at radius 1 is 1.10 bits per heavy atom. The van der Waals surface area contributed by atoms with Crippen molar-refractivity contribution in [2.45, 2.75) is 52.6 Å². The number of imide groups is 1. The van der Waals surface area contributed by atoms with Crippen LogP contribution in [0.25, 0.3) is 0 Å². The van der Waals surface area contributed by atoms with Crippen molar-refractivity contribution in [2.24, 2.45) is 5.41 Å². The maximum Gasteiger partial charge on any atom is 0.257 e. The van der Waals surface area contributed by atoms with Crippen molar-refractivity contribution in [1.29, 1.82) is 0 Å². The van der Waals surface area contributed by atoms with Gasteiger partial charge in [0.1, 0.15) is 6.04 Å². The van der Waals surface area contributed by atoms with E-state index < -0.39 is 6.04 Å². The van der Waals surface area contributed by atoms with Gasteiger partial charge >= 0.3 is 0 Å². The third-order valence-electron chi connectivity index (χ3n) is 5.21. The van der Waals surface area contributed by atoms with E-state index in [0.717, 1.165) is 10.5 Å². The molecule has 6 heteroatoms. The summed E-state index contributed by atoms with van der Waals surface area (Å²) >= 11 is 5.94. The molecule has 0 aromatic heterocycles. The number of carbonyl (C=O) groups excluding carboxylic acids is 3. The van der Waals surface area contributed by atoms with Gasteiger partial charge in [-0.3, -0.25) is 14.4 Å². The van der Waals surface area contributed by atoms with Crippen molar-refractivity contribution < 1.29 is 14.4 Å². The molecule has 0 spiro atoms. The molecule has 2 aromatic carbocycles. The summed E-state index contributed by atoms with van der Waals surface area (Å²) in [6.45, 7) is 7.85. The van der Waals surface area contributed by atoms with Crippen LogP contribution in [0.2, 0.25) is 5.02 Å². The summed E-state index contributed by atoms with van der Waals surface area (Å²) in [6, 6.07) is 15.0. The van der Waals surface area contributed by atoms with E-state index in [4.69, 9.17) is 11.6 Å². The predicted molar refractivity (Wildman–Crippen MR) is 118 cm³/mol. The van der Waals surface area contributed by atoms with Gasteiger partial charge in [-0.1, -0.05) is 62.7 Å². The highest BCUT2D eigenvalue weighted by Crippen LogP contribution is 2.33. The van der Waals surface area contributed by atoms with Gasteiger partial charge in [0.25, 0.3) is 5.91 Å². The number of amides is 3. The van der Waals surface area contributed by atoms with E-state index >= 15 is 0 Å². The molecule has 2 unspecified atom stereocenters. The Morgan fingerprint density at radius 3 is 2.27 bits per heavy atom. The largest absolute Gasteiger partial charge is 0.323 e. The van der Waals surface area contributed by atoms with Gasteiger partial charge in [-0.2, -0.15) is 0 Å². The standard InChI is InChI=1S/C24H27ClN2O3/c1-16(17-8-6-5-7-9-17)26(22(29)15-24(2,3)4)20-14-21(28)27(23(20)30)19-12-10-18(25)11-13-19/h5-13,16,20H,14-15H2,1-4H3. The Hall–Kier alpha value is -2.66. The first-order valence-corrected chi connectivity index (χ1v) is 10.4. The van der Waals surface area contributed by atoms with Crippen LogP contribution in [0.15, 0.2) is 54.6 Å². The van der Waals surface area contributed by atoms with Gasteiger partial charge in [-0.15, -0.1) is 0 Å². The second-order valence-electron chi connectivity index (χ2n) is 8.89. The number of benzene rings is 2. The minimum Gasteiger partial charge on any atom is -0.323 e. The zero-order valence-electron chi connectivity index (χ0n) is 17.8. The molecule has 30 heavy (non-hydrogen) atoms. The molecule has 0 bridgehead atoms. The summed E-state index contributed by atoms with van der Waals surface area (Å²) in [6.07, 6.45) is 0.248. The van der Waals surface area contributed by atoms with Crippen molar-refractivity contribution in [3.63, 3.8) is 0 Å². The van der Waals surface area contributed by atoms with Gasteiger partial charge in [-0.25, -0.2) is 4.90 Å². The van der Waals surface area contributed by atoms with Gasteiger partial charge in [-0.05, 0) is 42.2 Å². The van der Waals surface area contributed by atoms with Gasteiger partial charge in [0, 0.05) is 11.4 Å². The van der Waals surface area contributed by atoms with E-state index in [2.05, 4.69) is 0 Å². The quantitative estimate of drug-likeness (QED) is 0.632. The summed E-state index contributed by atoms with van der Waals surface area (Å²) < 4.78 is 0. The van der Waals surface area contributed by atoms with E-state index in [1.165, 1.54) is 0 Å². The van der Waals surface area contributed by atoms with Crippen molar-refractivity contribution in [3.05, 3.63) is 65.2 Å². The molecule has 1 heterocycles. The average Bonchev–Trinajstić information content (AvgIpc) is 2.96. The molecule has 0 aliphatic carbocycles. The lowest BCUT2D eigenvalue weighted by Gasteiger charge is -2.35. The first kappa shape index (κ1) is 22.0. The summed E-state index contributed by atoms with van der Waals surface area (Å²) in [5.41, 5.74) is 1.14. The van der Waals surface area contributed by atoms with Crippen molar-refractivity contribution >= 4 is 35.0 Å². The first-order valence-electron chi connectivity index (χ1n) is 10.1. The molecule has 5 nitrogen and oxygen atoms in total. The Kier molecular flexibility index (Phi) is 6.32. The number of rotatable bonds is 5. The number of hydrogen-bond acceptors (Lipinski definition) is 3. The summed E-state index contributed by atoms with van der Waals surface area (Å²) in [7, 11) is 0. The van der Waals surface area contributed by atoms with Crippen LogP contribution in [-0.2, 0) is 14.4 Å². The van der Waals surface area contributed by atoms with Crippen molar-refractivity contribution in [3.8, 4) is 0 Å². The Bertz CT molecular complexity index is 935. The molecular weight excluding hydrogens is 400 g/mol. The molecule has 1 aliphatic heterocycles. The number of nitrogens with zero attached hydrogens (tertiary/aromatic N) is 2. The fourth-order valence-electron chi connectivity index (χ4n) is 3.79. The topological polar surface area (TPSA) is 57.7 Å². The van der Waals surface area contributed by atoms with Gasteiger partial charge in [0.15, 0.2) is 0 Å². The lowest BCUT2D eigenvalue weighted by molar-refractivity contribution is -0.142. The van der Waals surface area contributed by atoms with E-state index in [-0.39, 0.29) is 42.0 Å². The normalized spacial score (nSPS) is 17.9. The minimum absolute atomic E-state index is 0.0332. The third-order valence-corrected chi connectivity index (χ3v) is 5.46. The molecule has 3 amide bonds. The Labute approximate surface area is 182 Å². The monoisotopic (exact) mass is 426 g/mol. The number of carbonyl (C=O) groups is 3. The molecular formula is C24H27ClN2O3. The lowest BCUT2D eigenvalue weighted by atomic mass is 9.90. The molecule has 0 saturated carbocycles. The molecule has 3 rings (SSSR count). The number of halogens is 1. The number of anilines is 1. The molecule has 1 fully saturated rings. The summed E-state index contributed by atoms with van der Waals surface area (Å²) in [5.74, 6) is -0.837. The second kappa shape index (κ2) is 8.60. The SMILES string of the molecule is CC(c1ccccc1)N(C(=O)CC(C)(C)C)C1CC(=O)N(c2ccc(Cl)cc2)C1=O. The molecule has 158 valence electrons. The average molecular weight is 427 g/mol. The molecule has 2 aromatic rings. The molecule has 2 atom stereocenters. The zero-order chi connectivity index (χ0) is 22.1. The zero-order valence-corrected chi connectivity index (χ0v) is 18.5. The van der Waals surface area contributed by atoms with E-state index in [1.807, 2.05) is 58.0 Å². The summed E-state index contributed by atoms with van der Waals surface area (Å²) in [4.78, 5) is 42.2. The maximum absolute atomic E-state index is 13.3. The van der Waals surface area contributed by atoms with Gasteiger partial charge in [0.2, 0.25) is 11.8 Å². The van der Waals surface area contributed by atoms with E-state index in [1.54, 1.807) is 29.2 Å². The highest BCUT2D eigenvalue weighted by atomic mass is 35.5. The molecule has 0 radical (unpaired) electrons. The van der Waals surface area contributed by atoms with Crippen LogP contribution in [0, 0.1) is 5.41 Å². The second-order valence-corrected chi connectivity index (χ2v) is 9.33. The van der Waals surface area contributed by atoms with E-state index in [9.17, 15) is 14.4 Å². The molecule has 1 aliphatic rings. The predicted octanol–water partition coefficient (Wildman–Crippen LogP) is 5.00. The fraction of sp³-hybridized carbons (Fsp3) is 0.375. The third kappa shape index (κ3) is 4.73. The smallest absolute Gasteiger partial charge is 0.257 e. The maximum atomic E-state index is 13.3. The minimum atomic E-state index is -0.835. The fourth-order valence-corrected chi connectivity index (χ4v) is 3.92. The van der Waals surface area contributed by atoms with Crippen molar-refractivity contribution in [1.82, 2.24) is 4.90 Å². The van der Waals surface area contributed by atoms with Crippen LogP contribution < -0.4 is 4.90 Å². The van der Waals surface area contributed by atoms with Gasteiger partial charge in [0.05, 0.1) is 18.2 Å². The van der Waals surface area contributed by atoms with Crippen LogP contribution in [-0.4, -0.2) is 28.7 Å². The number of hydrogen-bond donors (Lipinski definition) is 0. The first-order chi connectivity index (χ1) is 14.1. The van der Waals surface area contributed by atoms with Crippen LogP contribution in [0.1, 0.15) is 52.1 Å². The van der Waals surface area contributed by atoms with Gasteiger partial charge < -0.3 is 4.90 Å². The molecule has 0 N–H and O–H groups in total. The lowest BCUT2D eigenvalue weighted by Crippen LogP contribution is -2.47.